The smallest absolute Gasteiger partial charge is 0.0420 e. The Hall–Kier alpha value is -1.47. The molecule has 2 aromatic rings. The van der Waals surface area contributed by atoms with Gasteiger partial charge in [0.2, 0.25) is 0 Å². The molecule has 127 valence electrons. The van der Waals surface area contributed by atoms with Crippen molar-refractivity contribution in [3.05, 3.63) is 46.5 Å². The minimum Gasteiger partial charge on any atom is -0.377 e. The summed E-state index contributed by atoms with van der Waals surface area (Å²) in [5.41, 5.74) is 8.11. The van der Waals surface area contributed by atoms with Gasteiger partial charge >= 0.3 is 0 Å². The summed E-state index contributed by atoms with van der Waals surface area (Å²) in [5.74, 6) is 0. The number of anilines is 2. The van der Waals surface area contributed by atoms with Gasteiger partial charge < -0.3 is 9.80 Å². The first-order valence-corrected chi connectivity index (χ1v) is 9.05. The van der Waals surface area contributed by atoms with E-state index in [2.05, 4.69) is 90.0 Å². The average molecular weight is 339 g/mol. The summed E-state index contributed by atoms with van der Waals surface area (Å²) in [6.45, 7) is 8.84. The van der Waals surface area contributed by atoms with Crippen LogP contribution >= 0.6 is 8.58 Å². The standard InChI is InChI=1S/C20H29N2P.B/c1-13-9-17(10-14(2)19(13)21(5)6)23-18-11-15(3)20(22(7)8)16(4)12-18;/h9-12,23H,1-8H3;. The van der Waals surface area contributed by atoms with Crippen LogP contribution in [0.4, 0.5) is 11.4 Å². The Morgan fingerprint density at radius 3 is 1.04 bits per heavy atom. The number of rotatable bonds is 4. The minimum atomic E-state index is 0. The Bertz CT molecular complexity index is 616. The van der Waals surface area contributed by atoms with E-state index in [1.807, 2.05) is 0 Å². The molecular formula is C20H29BN2P. The molecule has 0 heterocycles. The second kappa shape index (κ2) is 8.07. The van der Waals surface area contributed by atoms with Crippen molar-refractivity contribution in [3.63, 3.8) is 0 Å². The fourth-order valence-electron chi connectivity index (χ4n) is 3.63. The molecule has 0 aliphatic heterocycles. The van der Waals surface area contributed by atoms with Gasteiger partial charge in [-0.05, 0) is 84.8 Å². The van der Waals surface area contributed by atoms with Crippen LogP contribution in [0.5, 0.6) is 0 Å². The van der Waals surface area contributed by atoms with Crippen molar-refractivity contribution >= 4 is 39.0 Å². The van der Waals surface area contributed by atoms with E-state index in [0.29, 0.717) is 8.58 Å². The Labute approximate surface area is 151 Å². The van der Waals surface area contributed by atoms with Crippen LogP contribution in [0.1, 0.15) is 22.3 Å². The summed E-state index contributed by atoms with van der Waals surface area (Å²) in [6, 6.07) is 9.35. The topological polar surface area (TPSA) is 6.48 Å². The molecule has 0 amide bonds. The van der Waals surface area contributed by atoms with Crippen LogP contribution < -0.4 is 20.4 Å². The van der Waals surface area contributed by atoms with E-state index in [-0.39, 0.29) is 8.41 Å². The Morgan fingerprint density at radius 1 is 0.583 bits per heavy atom. The molecule has 0 aliphatic rings. The second-order valence-electron chi connectivity index (χ2n) is 6.83. The van der Waals surface area contributed by atoms with Crippen molar-refractivity contribution in [2.45, 2.75) is 27.7 Å². The fourth-order valence-corrected chi connectivity index (χ4v) is 5.12. The molecule has 0 aromatic heterocycles. The van der Waals surface area contributed by atoms with Gasteiger partial charge in [0.25, 0.3) is 0 Å². The number of hydrogen-bond donors (Lipinski definition) is 0. The van der Waals surface area contributed by atoms with E-state index in [9.17, 15) is 0 Å². The maximum Gasteiger partial charge on any atom is 0.0420 e. The van der Waals surface area contributed by atoms with Crippen LogP contribution in [-0.2, 0) is 0 Å². The molecule has 0 atom stereocenters. The van der Waals surface area contributed by atoms with Gasteiger partial charge in [-0.15, -0.1) is 0 Å². The largest absolute Gasteiger partial charge is 0.377 e. The van der Waals surface area contributed by atoms with Gasteiger partial charge in [-0.1, -0.05) is 8.58 Å². The Balaban J connectivity index is 0.00000288. The van der Waals surface area contributed by atoms with Crippen LogP contribution in [0.3, 0.4) is 0 Å². The monoisotopic (exact) mass is 339 g/mol. The predicted octanol–water partition coefficient (Wildman–Crippen LogP) is 3.30. The van der Waals surface area contributed by atoms with E-state index in [4.69, 9.17) is 0 Å². The first kappa shape index (κ1) is 20.6. The molecule has 4 heteroatoms. The van der Waals surface area contributed by atoms with Gasteiger partial charge in [0, 0.05) is 48.0 Å². The molecule has 0 spiro atoms. The molecular weight excluding hydrogens is 310 g/mol. The van der Waals surface area contributed by atoms with Crippen molar-refractivity contribution < 1.29 is 0 Å². The summed E-state index contributed by atoms with van der Waals surface area (Å²) in [4.78, 5) is 4.41. The van der Waals surface area contributed by atoms with Crippen molar-refractivity contribution in [2.24, 2.45) is 0 Å². The maximum atomic E-state index is 2.34. The highest BCUT2D eigenvalue weighted by molar-refractivity contribution is 7.55. The molecule has 0 N–H and O–H groups in total. The lowest BCUT2D eigenvalue weighted by molar-refractivity contribution is 1.10. The number of benzene rings is 2. The fraction of sp³-hybridized carbons (Fsp3) is 0.400. The number of aryl methyl sites for hydroxylation is 4. The SMILES string of the molecule is Cc1cc(Pc2cc(C)c(N(C)C)c(C)c2)cc(C)c1N(C)C.[B]. The second-order valence-corrected chi connectivity index (χ2v) is 8.24. The van der Waals surface area contributed by atoms with Crippen LogP contribution in [0.25, 0.3) is 0 Å². The summed E-state index contributed by atoms with van der Waals surface area (Å²) in [5, 5.41) is 2.84. The van der Waals surface area contributed by atoms with Gasteiger partial charge in [0.05, 0.1) is 0 Å². The van der Waals surface area contributed by atoms with E-state index >= 15 is 0 Å². The minimum absolute atomic E-state index is 0. The summed E-state index contributed by atoms with van der Waals surface area (Å²) in [6.07, 6.45) is 0. The van der Waals surface area contributed by atoms with Crippen molar-refractivity contribution in [2.75, 3.05) is 38.0 Å². The van der Waals surface area contributed by atoms with Gasteiger partial charge in [-0.25, -0.2) is 0 Å². The van der Waals surface area contributed by atoms with Crippen molar-refractivity contribution in [1.29, 1.82) is 0 Å². The highest BCUT2D eigenvalue weighted by Crippen LogP contribution is 2.27. The van der Waals surface area contributed by atoms with E-state index in [1.54, 1.807) is 0 Å². The highest BCUT2D eigenvalue weighted by Gasteiger charge is 2.10. The maximum absolute atomic E-state index is 2.34. The molecule has 0 saturated carbocycles. The van der Waals surface area contributed by atoms with E-state index < -0.39 is 0 Å². The van der Waals surface area contributed by atoms with Crippen LogP contribution in [-0.4, -0.2) is 36.6 Å². The zero-order valence-corrected chi connectivity index (χ0v) is 17.3. The van der Waals surface area contributed by atoms with E-state index in [0.717, 1.165) is 0 Å². The first-order valence-electron chi connectivity index (χ1n) is 8.05. The third-order valence-electron chi connectivity index (χ3n) is 4.17. The quantitative estimate of drug-likeness (QED) is 0.623. The molecule has 0 unspecified atom stereocenters. The molecule has 3 radical (unpaired) electrons. The van der Waals surface area contributed by atoms with Crippen molar-refractivity contribution in [3.8, 4) is 0 Å². The summed E-state index contributed by atoms with van der Waals surface area (Å²) in [7, 11) is 9.17. The lowest BCUT2D eigenvalue weighted by Crippen LogP contribution is -2.16. The van der Waals surface area contributed by atoms with E-state index in [1.165, 1.54) is 44.2 Å². The van der Waals surface area contributed by atoms with Crippen LogP contribution in [0.15, 0.2) is 24.3 Å². The van der Waals surface area contributed by atoms with Crippen LogP contribution in [0, 0.1) is 27.7 Å². The molecule has 0 saturated heterocycles. The van der Waals surface area contributed by atoms with Gasteiger partial charge in [0.15, 0.2) is 0 Å². The summed E-state index contributed by atoms with van der Waals surface area (Å²) < 4.78 is 0. The number of hydrogen-bond acceptors (Lipinski definition) is 2. The average Bonchev–Trinajstić information content (AvgIpc) is 2.35. The highest BCUT2D eigenvalue weighted by atomic mass is 31.1. The molecule has 2 nitrogen and oxygen atoms in total. The zero-order valence-electron chi connectivity index (χ0n) is 16.3. The van der Waals surface area contributed by atoms with Gasteiger partial charge in [-0.2, -0.15) is 0 Å². The Kier molecular flexibility index (Phi) is 6.92. The molecule has 2 rings (SSSR count). The molecule has 0 aliphatic carbocycles. The lowest BCUT2D eigenvalue weighted by Gasteiger charge is -2.21. The molecule has 24 heavy (non-hydrogen) atoms. The third-order valence-corrected chi connectivity index (χ3v) is 5.32. The van der Waals surface area contributed by atoms with Gasteiger partial charge in [-0.3, -0.25) is 0 Å². The van der Waals surface area contributed by atoms with Crippen LogP contribution in [0.2, 0.25) is 0 Å². The predicted molar refractivity (Wildman–Crippen MR) is 114 cm³/mol. The molecule has 2 aromatic carbocycles. The lowest BCUT2D eigenvalue weighted by atomic mass is 10.1. The number of nitrogens with zero attached hydrogens (tertiary/aromatic N) is 2. The van der Waals surface area contributed by atoms with Crippen molar-refractivity contribution in [1.82, 2.24) is 0 Å². The zero-order chi connectivity index (χ0) is 17.3. The molecule has 0 fully saturated rings. The normalized spacial score (nSPS) is 10.3. The Morgan fingerprint density at radius 2 is 0.833 bits per heavy atom. The third kappa shape index (κ3) is 4.33. The first-order chi connectivity index (χ1) is 10.7. The summed E-state index contributed by atoms with van der Waals surface area (Å²) >= 11 is 0. The molecule has 0 bridgehead atoms. The van der Waals surface area contributed by atoms with Gasteiger partial charge in [0.1, 0.15) is 0 Å².